The predicted octanol–water partition coefficient (Wildman–Crippen LogP) is 3.68. The zero-order chi connectivity index (χ0) is 19.1. The number of anilines is 1. The largest absolute Gasteiger partial charge is 0.354 e. The number of carbonyl (C=O) groups excluding carboxylic acids is 1. The van der Waals surface area contributed by atoms with Crippen LogP contribution in [0.1, 0.15) is 32.9 Å². The van der Waals surface area contributed by atoms with Crippen molar-refractivity contribution in [3.63, 3.8) is 0 Å². The van der Waals surface area contributed by atoms with Crippen LogP contribution in [0.3, 0.4) is 0 Å². The second-order valence-corrected chi connectivity index (χ2v) is 6.55. The van der Waals surface area contributed by atoms with Crippen molar-refractivity contribution < 1.29 is 4.79 Å². The van der Waals surface area contributed by atoms with Crippen molar-refractivity contribution in [2.45, 2.75) is 26.8 Å². The van der Waals surface area contributed by atoms with E-state index in [0.29, 0.717) is 24.7 Å². The SMILES string of the molecule is Cc1ccc(CNC(=O)c2cc(C)nc(NCCc3ccccc3)n2)cc1. The molecule has 0 atom stereocenters. The van der Waals surface area contributed by atoms with Gasteiger partial charge in [0.15, 0.2) is 0 Å². The van der Waals surface area contributed by atoms with Crippen molar-refractivity contribution in [2.24, 2.45) is 0 Å². The summed E-state index contributed by atoms with van der Waals surface area (Å²) in [7, 11) is 0. The van der Waals surface area contributed by atoms with Crippen LogP contribution in [0.25, 0.3) is 0 Å². The van der Waals surface area contributed by atoms with E-state index in [1.165, 1.54) is 11.1 Å². The van der Waals surface area contributed by atoms with E-state index in [0.717, 1.165) is 17.7 Å². The van der Waals surface area contributed by atoms with E-state index in [1.54, 1.807) is 6.07 Å². The molecule has 27 heavy (non-hydrogen) atoms. The van der Waals surface area contributed by atoms with Gasteiger partial charge in [-0.3, -0.25) is 4.79 Å². The zero-order valence-corrected chi connectivity index (χ0v) is 15.7. The summed E-state index contributed by atoms with van der Waals surface area (Å²) >= 11 is 0. The Morgan fingerprint density at radius 1 is 0.926 bits per heavy atom. The molecule has 1 aromatic heterocycles. The van der Waals surface area contributed by atoms with Gasteiger partial charge in [-0.2, -0.15) is 0 Å². The Bertz CT molecular complexity index is 892. The number of carbonyl (C=O) groups is 1. The van der Waals surface area contributed by atoms with Crippen LogP contribution in [-0.4, -0.2) is 22.4 Å². The number of aromatic nitrogens is 2. The van der Waals surface area contributed by atoms with Gasteiger partial charge in [0, 0.05) is 18.8 Å². The van der Waals surface area contributed by atoms with Gasteiger partial charge in [-0.25, -0.2) is 9.97 Å². The molecule has 2 aromatic carbocycles. The van der Waals surface area contributed by atoms with E-state index in [2.05, 4.69) is 32.7 Å². The predicted molar refractivity (Wildman–Crippen MR) is 108 cm³/mol. The first-order chi connectivity index (χ1) is 13.1. The maximum absolute atomic E-state index is 12.5. The summed E-state index contributed by atoms with van der Waals surface area (Å²) in [6.07, 6.45) is 0.868. The van der Waals surface area contributed by atoms with E-state index in [1.807, 2.05) is 56.3 Å². The van der Waals surface area contributed by atoms with Crippen molar-refractivity contribution in [2.75, 3.05) is 11.9 Å². The Morgan fingerprint density at radius 2 is 1.67 bits per heavy atom. The maximum Gasteiger partial charge on any atom is 0.270 e. The summed E-state index contributed by atoms with van der Waals surface area (Å²) < 4.78 is 0. The Hall–Kier alpha value is -3.21. The van der Waals surface area contributed by atoms with Gasteiger partial charge in [0.05, 0.1) is 0 Å². The molecule has 0 aliphatic rings. The van der Waals surface area contributed by atoms with Crippen LogP contribution in [0.15, 0.2) is 60.7 Å². The molecule has 138 valence electrons. The van der Waals surface area contributed by atoms with E-state index in [9.17, 15) is 4.79 Å². The molecule has 0 fully saturated rings. The van der Waals surface area contributed by atoms with Crippen LogP contribution in [-0.2, 0) is 13.0 Å². The van der Waals surface area contributed by atoms with Gasteiger partial charge < -0.3 is 10.6 Å². The number of nitrogens with one attached hydrogen (secondary N) is 2. The van der Waals surface area contributed by atoms with Crippen molar-refractivity contribution in [3.05, 3.63) is 88.7 Å². The normalized spacial score (nSPS) is 10.4. The highest BCUT2D eigenvalue weighted by Crippen LogP contribution is 2.07. The molecule has 3 rings (SSSR count). The first-order valence-electron chi connectivity index (χ1n) is 9.07. The zero-order valence-electron chi connectivity index (χ0n) is 15.7. The van der Waals surface area contributed by atoms with Crippen LogP contribution in [0.2, 0.25) is 0 Å². The van der Waals surface area contributed by atoms with Crippen LogP contribution in [0.5, 0.6) is 0 Å². The molecule has 2 N–H and O–H groups in total. The molecule has 1 heterocycles. The van der Waals surface area contributed by atoms with Gasteiger partial charge in [0.2, 0.25) is 5.95 Å². The molecule has 0 aliphatic heterocycles. The molecule has 0 radical (unpaired) electrons. The smallest absolute Gasteiger partial charge is 0.270 e. The molecule has 0 spiro atoms. The Morgan fingerprint density at radius 3 is 2.41 bits per heavy atom. The summed E-state index contributed by atoms with van der Waals surface area (Å²) in [6.45, 7) is 5.08. The molecule has 5 heteroatoms. The third-order valence-corrected chi connectivity index (χ3v) is 4.20. The highest BCUT2D eigenvalue weighted by atomic mass is 16.1. The second-order valence-electron chi connectivity index (χ2n) is 6.55. The molecule has 0 unspecified atom stereocenters. The lowest BCUT2D eigenvalue weighted by Crippen LogP contribution is -2.24. The van der Waals surface area contributed by atoms with Crippen LogP contribution in [0, 0.1) is 13.8 Å². The van der Waals surface area contributed by atoms with E-state index in [4.69, 9.17) is 0 Å². The van der Waals surface area contributed by atoms with E-state index >= 15 is 0 Å². The fourth-order valence-corrected chi connectivity index (χ4v) is 2.71. The maximum atomic E-state index is 12.5. The molecule has 0 aliphatic carbocycles. The van der Waals surface area contributed by atoms with Crippen molar-refractivity contribution in [1.82, 2.24) is 15.3 Å². The van der Waals surface area contributed by atoms with Crippen molar-refractivity contribution >= 4 is 11.9 Å². The lowest BCUT2D eigenvalue weighted by atomic mass is 10.1. The standard InChI is InChI=1S/C22H24N4O/c1-16-8-10-19(11-9-16)15-24-21(27)20-14-17(2)25-22(26-20)23-13-12-18-6-4-3-5-7-18/h3-11,14H,12-13,15H2,1-2H3,(H,24,27)(H,23,25,26). The summed E-state index contributed by atoms with van der Waals surface area (Å²) in [6, 6.07) is 20.0. The number of aryl methyl sites for hydroxylation is 2. The van der Waals surface area contributed by atoms with Crippen LogP contribution < -0.4 is 10.6 Å². The number of rotatable bonds is 7. The summed E-state index contributed by atoms with van der Waals surface area (Å²) in [5, 5.41) is 6.12. The number of amides is 1. The van der Waals surface area contributed by atoms with Gasteiger partial charge in [-0.15, -0.1) is 0 Å². The summed E-state index contributed by atoms with van der Waals surface area (Å²) in [5.41, 5.74) is 4.63. The van der Waals surface area contributed by atoms with E-state index < -0.39 is 0 Å². The van der Waals surface area contributed by atoms with Crippen LogP contribution >= 0.6 is 0 Å². The monoisotopic (exact) mass is 360 g/mol. The molecular formula is C22H24N4O. The minimum Gasteiger partial charge on any atom is -0.354 e. The first kappa shape index (κ1) is 18.6. The van der Waals surface area contributed by atoms with Gasteiger partial charge in [-0.05, 0) is 37.5 Å². The fraction of sp³-hybridized carbons (Fsp3) is 0.227. The Labute approximate surface area is 159 Å². The molecule has 0 saturated carbocycles. The van der Waals surface area contributed by atoms with Gasteiger partial charge in [0.25, 0.3) is 5.91 Å². The minimum atomic E-state index is -0.202. The second kappa shape index (κ2) is 8.94. The van der Waals surface area contributed by atoms with Crippen LogP contribution in [0.4, 0.5) is 5.95 Å². The van der Waals surface area contributed by atoms with Gasteiger partial charge in [0.1, 0.15) is 5.69 Å². The molecule has 1 amide bonds. The minimum absolute atomic E-state index is 0.202. The molecule has 0 bridgehead atoms. The number of hydrogen-bond acceptors (Lipinski definition) is 4. The average Bonchev–Trinajstić information content (AvgIpc) is 2.68. The summed E-state index contributed by atoms with van der Waals surface area (Å²) in [4.78, 5) is 21.2. The Kier molecular flexibility index (Phi) is 6.15. The Balaban J connectivity index is 1.58. The van der Waals surface area contributed by atoms with Crippen molar-refractivity contribution in [1.29, 1.82) is 0 Å². The quantitative estimate of drug-likeness (QED) is 0.674. The topological polar surface area (TPSA) is 66.9 Å². The highest BCUT2D eigenvalue weighted by Gasteiger charge is 2.10. The third-order valence-electron chi connectivity index (χ3n) is 4.20. The van der Waals surface area contributed by atoms with E-state index in [-0.39, 0.29) is 5.91 Å². The van der Waals surface area contributed by atoms with Gasteiger partial charge in [-0.1, -0.05) is 60.2 Å². The number of nitrogens with zero attached hydrogens (tertiary/aromatic N) is 2. The lowest BCUT2D eigenvalue weighted by molar-refractivity contribution is 0.0945. The molecule has 3 aromatic rings. The van der Waals surface area contributed by atoms with Crippen molar-refractivity contribution in [3.8, 4) is 0 Å². The lowest BCUT2D eigenvalue weighted by Gasteiger charge is -2.09. The highest BCUT2D eigenvalue weighted by molar-refractivity contribution is 5.92. The first-order valence-corrected chi connectivity index (χ1v) is 9.07. The number of hydrogen-bond donors (Lipinski definition) is 2. The molecular weight excluding hydrogens is 336 g/mol. The average molecular weight is 360 g/mol. The number of benzene rings is 2. The molecule has 5 nitrogen and oxygen atoms in total. The fourth-order valence-electron chi connectivity index (χ4n) is 2.71. The summed E-state index contributed by atoms with van der Waals surface area (Å²) in [5.74, 6) is 0.276. The third kappa shape index (κ3) is 5.64. The molecule has 0 saturated heterocycles. The van der Waals surface area contributed by atoms with Gasteiger partial charge >= 0.3 is 0 Å².